The fraction of sp³-hybridized carbons (Fsp3) is 0.545. The summed E-state index contributed by atoms with van der Waals surface area (Å²) in [5.74, 6) is 0.354. The van der Waals surface area contributed by atoms with Gasteiger partial charge >= 0.3 is 0 Å². The summed E-state index contributed by atoms with van der Waals surface area (Å²) in [5.41, 5.74) is 0.741. The molecule has 72 valence electrons. The minimum absolute atomic E-state index is 0.354. The van der Waals surface area contributed by atoms with Gasteiger partial charge in [-0.25, -0.2) is 0 Å². The van der Waals surface area contributed by atoms with Gasteiger partial charge in [0.25, 0.3) is 0 Å². The fourth-order valence-electron chi connectivity index (χ4n) is 1.48. The summed E-state index contributed by atoms with van der Waals surface area (Å²) in [4.78, 5) is 0. The molecule has 0 fully saturated rings. The van der Waals surface area contributed by atoms with E-state index in [1.807, 2.05) is 6.08 Å². The molecular weight excluding hydrogens is 226 g/mol. The predicted molar refractivity (Wildman–Crippen MR) is 61.5 cm³/mol. The second-order valence-corrected chi connectivity index (χ2v) is 4.36. The van der Waals surface area contributed by atoms with Gasteiger partial charge in [0.05, 0.1) is 0 Å². The van der Waals surface area contributed by atoms with Crippen molar-refractivity contribution in [3.63, 3.8) is 0 Å². The van der Waals surface area contributed by atoms with Crippen LogP contribution in [0.2, 0.25) is 0 Å². The molecule has 0 radical (unpaired) electrons. The smallest absolute Gasteiger partial charge is 0.0393 e. The molecular formula is C11H16BrN. The molecule has 0 aromatic carbocycles. The molecule has 1 aliphatic carbocycles. The van der Waals surface area contributed by atoms with Gasteiger partial charge in [-0.3, -0.25) is 0 Å². The molecule has 1 aliphatic rings. The standard InChI is InChI=1S/C11H16BrN/c1-2-3-4-5-9-6-7-10(12)8-11(9)13/h6-9,13H,2-5H2,1H3. The molecule has 0 saturated carbocycles. The highest BCUT2D eigenvalue weighted by Crippen LogP contribution is 2.21. The molecule has 0 aromatic heterocycles. The lowest BCUT2D eigenvalue weighted by molar-refractivity contribution is 0.627. The van der Waals surface area contributed by atoms with E-state index in [1.54, 1.807) is 0 Å². The van der Waals surface area contributed by atoms with Crippen molar-refractivity contribution in [3.8, 4) is 0 Å². The van der Waals surface area contributed by atoms with E-state index in [0.29, 0.717) is 5.92 Å². The summed E-state index contributed by atoms with van der Waals surface area (Å²) in [7, 11) is 0. The molecule has 0 saturated heterocycles. The first-order valence-electron chi connectivity index (χ1n) is 4.88. The van der Waals surface area contributed by atoms with Gasteiger partial charge < -0.3 is 5.41 Å². The molecule has 0 heterocycles. The van der Waals surface area contributed by atoms with Crippen LogP contribution in [0.3, 0.4) is 0 Å². The summed E-state index contributed by atoms with van der Waals surface area (Å²) < 4.78 is 1.02. The van der Waals surface area contributed by atoms with Crippen molar-refractivity contribution in [3.05, 3.63) is 22.7 Å². The Morgan fingerprint density at radius 1 is 1.46 bits per heavy atom. The third kappa shape index (κ3) is 3.47. The number of unbranched alkanes of at least 4 members (excludes halogenated alkanes) is 2. The Morgan fingerprint density at radius 2 is 2.23 bits per heavy atom. The maximum Gasteiger partial charge on any atom is 0.0393 e. The van der Waals surface area contributed by atoms with Gasteiger partial charge in [-0.2, -0.15) is 0 Å². The normalized spacial score (nSPS) is 21.8. The Labute approximate surface area is 88.6 Å². The lowest BCUT2D eigenvalue weighted by Gasteiger charge is -2.14. The van der Waals surface area contributed by atoms with Crippen molar-refractivity contribution in [1.82, 2.24) is 0 Å². The lowest BCUT2D eigenvalue weighted by atomic mass is 9.93. The number of hydrogen-bond donors (Lipinski definition) is 1. The predicted octanol–water partition coefficient (Wildman–Crippen LogP) is 4.05. The van der Waals surface area contributed by atoms with Crippen LogP contribution >= 0.6 is 15.9 Å². The van der Waals surface area contributed by atoms with E-state index in [0.717, 1.165) is 16.6 Å². The van der Waals surface area contributed by atoms with Crippen molar-refractivity contribution in [2.45, 2.75) is 32.6 Å². The zero-order valence-corrected chi connectivity index (χ0v) is 9.60. The molecule has 1 rings (SSSR count). The Hall–Kier alpha value is -0.370. The van der Waals surface area contributed by atoms with Crippen molar-refractivity contribution >= 4 is 21.6 Å². The topological polar surface area (TPSA) is 23.9 Å². The summed E-state index contributed by atoms with van der Waals surface area (Å²) in [6, 6.07) is 0. The van der Waals surface area contributed by atoms with Gasteiger partial charge in [-0.1, -0.05) is 54.3 Å². The summed E-state index contributed by atoms with van der Waals surface area (Å²) in [6.07, 6.45) is 11.0. The lowest BCUT2D eigenvalue weighted by Crippen LogP contribution is -2.11. The average molecular weight is 242 g/mol. The summed E-state index contributed by atoms with van der Waals surface area (Å²) >= 11 is 3.37. The van der Waals surface area contributed by atoms with Gasteiger partial charge in [-0.15, -0.1) is 0 Å². The summed E-state index contributed by atoms with van der Waals surface area (Å²) in [5, 5.41) is 7.75. The van der Waals surface area contributed by atoms with Crippen LogP contribution < -0.4 is 0 Å². The highest BCUT2D eigenvalue weighted by molar-refractivity contribution is 9.11. The molecule has 1 atom stereocenters. The van der Waals surface area contributed by atoms with E-state index in [-0.39, 0.29) is 0 Å². The number of nitrogens with one attached hydrogen (secondary N) is 1. The quantitative estimate of drug-likeness (QED) is 0.719. The summed E-state index contributed by atoms with van der Waals surface area (Å²) in [6.45, 7) is 2.21. The van der Waals surface area contributed by atoms with Gasteiger partial charge in [-0.05, 0) is 12.5 Å². The van der Waals surface area contributed by atoms with E-state index < -0.39 is 0 Å². The van der Waals surface area contributed by atoms with Crippen molar-refractivity contribution < 1.29 is 0 Å². The van der Waals surface area contributed by atoms with Crippen LogP contribution in [0.5, 0.6) is 0 Å². The van der Waals surface area contributed by atoms with Crippen LogP contribution in [-0.4, -0.2) is 5.71 Å². The highest BCUT2D eigenvalue weighted by Gasteiger charge is 2.12. The van der Waals surface area contributed by atoms with E-state index in [4.69, 9.17) is 5.41 Å². The molecule has 0 spiro atoms. The van der Waals surface area contributed by atoms with Gasteiger partial charge in [0, 0.05) is 16.1 Å². The zero-order chi connectivity index (χ0) is 9.68. The van der Waals surface area contributed by atoms with Crippen molar-refractivity contribution in [2.75, 3.05) is 0 Å². The number of allylic oxidation sites excluding steroid dienone is 4. The minimum Gasteiger partial charge on any atom is -0.305 e. The third-order valence-electron chi connectivity index (χ3n) is 2.30. The van der Waals surface area contributed by atoms with E-state index in [2.05, 4.69) is 35.0 Å². The Bertz CT molecular complexity index is 240. The second kappa shape index (κ2) is 5.38. The van der Waals surface area contributed by atoms with E-state index in [1.165, 1.54) is 19.3 Å². The first kappa shape index (κ1) is 10.7. The maximum atomic E-state index is 7.75. The first-order valence-corrected chi connectivity index (χ1v) is 5.67. The molecule has 2 heteroatoms. The van der Waals surface area contributed by atoms with E-state index >= 15 is 0 Å². The minimum atomic E-state index is 0.354. The van der Waals surface area contributed by atoms with Gasteiger partial charge in [0.15, 0.2) is 0 Å². The number of rotatable bonds is 4. The van der Waals surface area contributed by atoms with Crippen LogP contribution in [0.25, 0.3) is 0 Å². The highest BCUT2D eigenvalue weighted by atomic mass is 79.9. The Balaban J connectivity index is 2.37. The molecule has 0 aromatic rings. The van der Waals surface area contributed by atoms with Crippen LogP contribution in [0.4, 0.5) is 0 Å². The maximum absolute atomic E-state index is 7.75. The molecule has 0 amide bonds. The van der Waals surface area contributed by atoms with Crippen LogP contribution in [0, 0.1) is 11.3 Å². The van der Waals surface area contributed by atoms with Crippen LogP contribution in [0.1, 0.15) is 32.6 Å². The zero-order valence-electron chi connectivity index (χ0n) is 8.02. The molecule has 1 nitrogen and oxygen atoms in total. The van der Waals surface area contributed by atoms with Crippen molar-refractivity contribution in [1.29, 1.82) is 5.41 Å². The van der Waals surface area contributed by atoms with Crippen molar-refractivity contribution in [2.24, 2.45) is 5.92 Å². The first-order chi connectivity index (χ1) is 6.24. The molecule has 13 heavy (non-hydrogen) atoms. The fourth-order valence-corrected chi connectivity index (χ4v) is 1.88. The average Bonchev–Trinajstić information content (AvgIpc) is 2.09. The number of halogens is 1. The third-order valence-corrected chi connectivity index (χ3v) is 2.79. The van der Waals surface area contributed by atoms with Gasteiger partial charge in [0.1, 0.15) is 0 Å². The Morgan fingerprint density at radius 3 is 2.85 bits per heavy atom. The van der Waals surface area contributed by atoms with E-state index in [9.17, 15) is 0 Å². The SMILES string of the molecule is CCCCCC1C=CC(Br)=CC1=N. The monoisotopic (exact) mass is 241 g/mol. The van der Waals surface area contributed by atoms with Gasteiger partial charge in [0.2, 0.25) is 0 Å². The number of hydrogen-bond acceptors (Lipinski definition) is 1. The Kier molecular flexibility index (Phi) is 4.43. The van der Waals surface area contributed by atoms with Crippen LogP contribution in [-0.2, 0) is 0 Å². The molecule has 0 aliphatic heterocycles. The van der Waals surface area contributed by atoms with Crippen LogP contribution in [0.15, 0.2) is 22.7 Å². The molecule has 1 unspecified atom stereocenters. The molecule has 1 N–H and O–H groups in total. The second-order valence-electron chi connectivity index (χ2n) is 3.45. The largest absolute Gasteiger partial charge is 0.305 e. The molecule has 0 bridgehead atoms.